The maximum atomic E-state index is 14.1. The van der Waals surface area contributed by atoms with E-state index in [1.807, 2.05) is 0 Å². The number of amides is 1. The lowest BCUT2D eigenvalue weighted by Gasteiger charge is -2.22. The van der Waals surface area contributed by atoms with E-state index in [9.17, 15) is 22.4 Å². The summed E-state index contributed by atoms with van der Waals surface area (Å²) in [4.78, 5) is 10.7. The molecule has 2 unspecified atom stereocenters. The Hall–Kier alpha value is -2.41. The molecule has 2 aromatic rings. The van der Waals surface area contributed by atoms with Crippen molar-refractivity contribution < 1.29 is 22.4 Å². The molecular weight excluding hydrogens is 324 g/mol. The lowest BCUT2D eigenvalue weighted by atomic mass is 9.83. The van der Waals surface area contributed by atoms with Crippen LogP contribution in [-0.4, -0.2) is 19.5 Å². The number of halogens is 4. The van der Waals surface area contributed by atoms with E-state index in [2.05, 4.69) is 10.6 Å². The van der Waals surface area contributed by atoms with E-state index >= 15 is 0 Å². The van der Waals surface area contributed by atoms with Gasteiger partial charge in [0.25, 0.3) is 0 Å². The van der Waals surface area contributed by atoms with Gasteiger partial charge < -0.3 is 10.6 Å². The van der Waals surface area contributed by atoms with Gasteiger partial charge in [-0.3, -0.25) is 4.79 Å². The fourth-order valence-corrected chi connectivity index (χ4v) is 3.20. The Morgan fingerprint density at radius 1 is 0.958 bits per heavy atom. The summed E-state index contributed by atoms with van der Waals surface area (Å²) in [6, 6.07) is 5.77. The average molecular weight is 338 g/mol. The molecule has 0 bridgehead atoms. The zero-order valence-corrected chi connectivity index (χ0v) is 12.5. The molecule has 24 heavy (non-hydrogen) atoms. The van der Waals surface area contributed by atoms with Crippen molar-refractivity contribution in [3.63, 3.8) is 0 Å². The number of carbonyl (C=O) groups is 1. The third-order valence-electron chi connectivity index (χ3n) is 4.30. The number of hydrogen-bond acceptors (Lipinski definition) is 2. The second-order valence-electron chi connectivity index (χ2n) is 5.63. The van der Waals surface area contributed by atoms with Crippen molar-refractivity contribution in [2.45, 2.75) is 11.8 Å². The predicted octanol–water partition coefficient (Wildman–Crippen LogP) is 3.28. The lowest BCUT2D eigenvalue weighted by molar-refractivity contribution is -0.105. The summed E-state index contributed by atoms with van der Waals surface area (Å²) in [6.45, 7) is 0.712. The highest BCUT2D eigenvalue weighted by Gasteiger charge is 2.34. The normalized spacial score (nSPS) is 20.2. The van der Waals surface area contributed by atoms with Crippen molar-refractivity contribution in [1.29, 1.82) is 0 Å². The van der Waals surface area contributed by atoms with Gasteiger partial charge in [-0.25, -0.2) is 17.6 Å². The highest BCUT2D eigenvalue weighted by Crippen LogP contribution is 2.40. The quantitative estimate of drug-likeness (QED) is 0.664. The molecule has 2 atom stereocenters. The first-order chi connectivity index (χ1) is 11.5. The Bertz CT molecular complexity index is 781. The molecule has 2 aromatic carbocycles. The first-order valence-electron chi connectivity index (χ1n) is 7.36. The van der Waals surface area contributed by atoms with Crippen LogP contribution >= 0.6 is 0 Å². The highest BCUT2D eigenvalue weighted by molar-refractivity contribution is 5.74. The minimum Gasteiger partial charge on any atom is -0.328 e. The lowest BCUT2D eigenvalue weighted by Crippen LogP contribution is -2.14. The topological polar surface area (TPSA) is 41.1 Å². The van der Waals surface area contributed by atoms with Crippen LogP contribution in [0, 0.1) is 23.3 Å². The largest absolute Gasteiger partial charge is 0.328 e. The van der Waals surface area contributed by atoms with Crippen LogP contribution in [0.25, 0.3) is 0 Å². The summed E-state index contributed by atoms with van der Waals surface area (Å²) in [6.07, 6.45) is 0.357. The fraction of sp³-hybridized carbons (Fsp3) is 0.235. The summed E-state index contributed by atoms with van der Waals surface area (Å²) >= 11 is 0. The molecule has 1 aliphatic rings. The van der Waals surface area contributed by atoms with Gasteiger partial charge in [0, 0.05) is 36.7 Å². The smallest absolute Gasteiger partial charge is 0.211 e. The van der Waals surface area contributed by atoms with Gasteiger partial charge in [-0.1, -0.05) is 12.1 Å². The van der Waals surface area contributed by atoms with Gasteiger partial charge in [-0.2, -0.15) is 0 Å². The van der Waals surface area contributed by atoms with Crippen molar-refractivity contribution in [1.82, 2.24) is 5.32 Å². The minimum absolute atomic E-state index is 0.111. The maximum Gasteiger partial charge on any atom is 0.211 e. The van der Waals surface area contributed by atoms with Crippen LogP contribution in [-0.2, 0) is 4.79 Å². The van der Waals surface area contributed by atoms with Gasteiger partial charge in [0.1, 0.15) is 0 Å². The van der Waals surface area contributed by atoms with Crippen molar-refractivity contribution in [3.05, 3.63) is 64.7 Å². The van der Waals surface area contributed by atoms with Crippen molar-refractivity contribution in [2.75, 3.05) is 18.4 Å². The van der Waals surface area contributed by atoms with Crippen molar-refractivity contribution in [3.8, 4) is 0 Å². The van der Waals surface area contributed by atoms with E-state index in [1.165, 1.54) is 12.1 Å². The molecule has 1 fully saturated rings. The molecule has 1 heterocycles. The Morgan fingerprint density at radius 3 is 2.33 bits per heavy atom. The molecule has 0 spiro atoms. The summed E-state index contributed by atoms with van der Waals surface area (Å²) in [5.41, 5.74) is 0.603. The minimum atomic E-state index is -1.09. The van der Waals surface area contributed by atoms with Crippen LogP contribution in [0.2, 0.25) is 0 Å². The Morgan fingerprint density at radius 2 is 1.62 bits per heavy atom. The highest BCUT2D eigenvalue weighted by atomic mass is 19.2. The van der Waals surface area contributed by atoms with Crippen LogP contribution < -0.4 is 10.6 Å². The van der Waals surface area contributed by atoms with Gasteiger partial charge in [0.15, 0.2) is 23.3 Å². The molecule has 1 saturated heterocycles. The van der Waals surface area contributed by atoms with E-state index < -0.39 is 35.1 Å². The maximum absolute atomic E-state index is 14.1. The molecule has 3 rings (SSSR count). The summed E-state index contributed by atoms with van der Waals surface area (Å²) in [7, 11) is 0. The molecule has 0 aliphatic carbocycles. The third-order valence-corrected chi connectivity index (χ3v) is 4.30. The monoisotopic (exact) mass is 338 g/mol. The molecule has 3 nitrogen and oxygen atoms in total. The summed E-state index contributed by atoms with van der Waals surface area (Å²) < 4.78 is 54.8. The number of nitrogens with one attached hydrogen (secondary N) is 2. The molecule has 1 amide bonds. The zero-order valence-electron chi connectivity index (χ0n) is 12.5. The number of benzene rings is 2. The van der Waals surface area contributed by atoms with Crippen molar-refractivity contribution in [2.24, 2.45) is 0 Å². The molecule has 0 saturated carbocycles. The fourth-order valence-electron chi connectivity index (χ4n) is 3.20. The SMILES string of the molecule is O=CNc1cc(F)c(F)cc1C1CNCC1c1cccc(F)c1F. The van der Waals surface area contributed by atoms with Crippen LogP contribution in [0.5, 0.6) is 0 Å². The van der Waals surface area contributed by atoms with Gasteiger partial charge in [-0.05, 0) is 23.3 Å². The van der Waals surface area contributed by atoms with Gasteiger partial charge in [0.2, 0.25) is 6.41 Å². The molecule has 0 aromatic heterocycles. The average Bonchev–Trinajstić information content (AvgIpc) is 3.03. The number of hydrogen-bond donors (Lipinski definition) is 2. The first-order valence-corrected chi connectivity index (χ1v) is 7.36. The Labute approximate surface area is 135 Å². The molecule has 1 aliphatic heterocycles. The summed E-state index contributed by atoms with van der Waals surface area (Å²) in [5.74, 6) is -5.00. The molecule has 2 N–H and O–H groups in total. The van der Waals surface area contributed by atoms with E-state index in [4.69, 9.17) is 0 Å². The van der Waals surface area contributed by atoms with E-state index in [-0.39, 0.29) is 11.3 Å². The Balaban J connectivity index is 2.06. The predicted molar refractivity (Wildman–Crippen MR) is 80.8 cm³/mol. The summed E-state index contributed by atoms with van der Waals surface area (Å²) in [5, 5.41) is 5.38. The van der Waals surface area contributed by atoms with E-state index in [0.717, 1.165) is 18.2 Å². The molecule has 126 valence electrons. The van der Waals surface area contributed by atoms with E-state index in [1.54, 1.807) is 0 Å². The molecule has 7 heteroatoms. The Kier molecular flexibility index (Phi) is 4.53. The first kappa shape index (κ1) is 16.4. The van der Waals surface area contributed by atoms with Gasteiger partial charge in [-0.15, -0.1) is 0 Å². The van der Waals surface area contributed by atoms with Crippen LogP contribution in [0.1, 0.15) is 23.0 Å². The van der Waals surface area contributed by atoms with Crippen LogP contribution in [0.15, 0.2) is 30.3 Å². The number of anilines is 1. The molecule has 0 radical (unpaired) electrons. The van der Waals surface area contributed by atoms with Crippen molar-refractivity contribution >= 4 is 12.1 Å². The molecular formula is C17H14F4N2O. The second-order valence-corrected chi connectivity index (χ2v) is 5.63. The standard InChI is InChI=1S/C17H14F4N2O/c18-13-3-1-2-9(17(13)21)11-6-22-7-12(11)10-4-14(19)15(20)5-16(10)23-8-24/h1-5,8,11-12,22H,6-7H2,(H,23,24). The van der Waals surface area contributed by atoms with Crippen LogP contribution in [0.4, 0.5) is 23.2 Å². The number of carbonyl (C=O) groups excluding carboxylic acids is 1. The van der Waals surface area contributed by atoms with E-state index in [0.29, 0.717) is 25.1 Å². The van der Waals surface area contributed by atoms with Crippen LogP contribution in [0.3, 0.4) is 0 Å². The second kappa shape index (κ2) is 6.60. The number of rotatable bonds is 4. The zero-order chi connectivity index (χ0) is 17.3. The van der Waals surface area contributed by atoms with Gasteiger partial charge >= 0.3 is 0 Å². The third kappa shape index (κ3) is 2.87. The van der Waals surface area contributed by atoms with Gasteiger partial charge in [0.05, 0.1) is 0 Å².